The van der Waals surface area contributed by atoms with Crippen LogP contribution in [-0.4, -0.2) is 50.7 Å². The zero-order valence-corrected chi connectivity index (χ0v) is 19.8. The predicted octanol–water partition coefficient (Wildman–Crippen LogP) is 5.01. The monoisotopic (exact) mass is 496 g/mol. The average Bonchev–Trinajstić information content (AvgIpc) is 3.54. The highest BCUT2D eigenvalue weighted by Crippen LogP contribution is 2.41. The SMILES string of the molecule is CO[C@@H](C)c1c(Nc2ccc([C@H](N(C)C(=O)C3CC3)C(F)(F)F)cc2C)cnc2nc(Cl)nn12. The highest BCUT2D eigenvalue weighted by Gasteiger charge is 2.47. The van der Waals surface area contributed by atoms with Gasteiger partial charge in [-0.2, -0.15) is 22.7 Å². The highest BCUT2D eigenvalue weighted by atomic mass is 35.5. The first-order valence-corrected chi connectivity index (χ1v) is 11.0. The molecule has 34 heavy (non-hydrogen) atoms. The van der Waals surface area contributed by atoms with E-state index in [1.54, 1.807) is 19.2 Å². The summed E-state index contributed by atoms with van der Waals surface area (Å²) in [4.78, 5) is 21.5. The number of benzene rings is 1. The summed E-state index contributed by atoms with van der Waals surface area (Å²) >= 11 is 5.93. The molecule has 1 N–H and O–H groups in total. The van der Waals surface area contributed by atoms with Crippen molar-refractivity contribution in [1.29, 1.82) is 0 Å². The molecule has 8 nitrogen and oxygen atoms in total. The molecule has 182 valence electrons. The van der Waals surface area contributed by atoms with Crippen LogP contribution in [0, 0.1) is 12.8 Å². The summed E-state index contributed by atoms with van der Waals surface area (Å²) in [5, 5.41) is 7.38. The normalized spacial score (nSPS) is 15.9. The number of anilines is 2. The molecule has 0 bridgehead atoms. The van der Waals surface area contributed by atoms with Gasteiger partial charge in [0, 0.05) is 25.8 Å². The molecule has 1 aliphatic rings. The van der Waals surface area contributed by atoms with Crippen LogP contribution in [0.5, 0.6) is 0 Å². The molecule has 1 aliphatic carbocycles. The van der Waals surface area contributed by atoms with E-state index in [0.29, 0.717) is 35.5 Å². The number of methoxy groups -OCH3 is 1. The van der Waals surface area contributed by atoms with E-state index in [1.807, 2.05) is 6.92 Å². The highest BCUT2D eigenvalue weighted by molar-refractivity contribution is 6.28. The molecule has 1 aromatic carbocycles. The third-order valence-electron chi connectivity index (χ3n) is 5.92. The molecule has 3 aromatic rings. The minimum absolute atomic E-state index is 0.00540. The van der Waals surface area contributed by atoms with Gasteiger partial charge in [-0.05, 0) is 55.5 Å². The molecule has 1 saturated carbocycles. The number of aromatic nitrogens is 4. The van der Waals surface area contributed by atoms with E-state index >= 15 is 0 Å². The van der Waals surface area contributed by atoms with E-state index in [1.165, 1.54) is 30.8 Å². The van der Waals surface area contributed by atoms with Crippen molar-refractivity contribution in [3.05, 3.63) is 46.5 Å². The maximum Gasteiger partial charge on any atom is 0.413 e. The molecule has 12 heteroatoms. The summed E-state index contributed by atoms with van der Waals surface area (Å²) in [5.74, 6) is -0.505. The lowest BCUT2D eigenvalue weighted by Crippen LogP contribution is -2.40. The average molecular weight is 497 g/mol. The molecular formula is C22H24ClF3N6O2. The van der Waals surface area contributed by atoms with Gasteiger partial charge < -0.3 is 15.0 Å². The number of hydrogen-bond acceptors (Lipinski definition) is 6. The number of alkyl halides is 3. The molecule has 2 aromatic heterocycles. The topological polar surface area (TPSA) is 84.6 Å². The molecular weight excluding hydrogens is 473 g/mol. The smallest absolute Gasteiger partial charge is 0.375 e. The van der Waals surface area contributed by atoms with E-state index < -0.39 is 24.2 Å². The van der Waals surface area contributed by atoms with Gasteiger partial charge in [-0.25, -0.2) is 4.98 Å². The van der Waals surface area contributed by atoms with Crippen molar-refractivity contribution in [2.24, 2.45) is 5.92 Å². The summed E-state index contributed by atoms with van der Waals surface area (Å²) in [6.45, 7) is 3.51. The van der Waals surface area contributed by atoms with Crippen LogP contribution in [0.25, 0.3) is 5.78 Å². The molecule has 0 aliphatic heterocycles. The lowest BCUT2D eigenvalue weighted by atomic mass is 10.0. The Labute approximate surface area is 199 Å². The van der Waals surface area contributed by atoms with Gasteiger partial charge in [-0.15, -0.1) is 5.10 Å². The number of fused-ring (bicyclic) bond motifs is 1. The third kappa shape index (κ3) is 4.67. The lowest BCUT2D eigenvalue weighted by Gasteiger charge is -2.31. The Morgan fingerprint density at radius 3 is 2.62 bits per heavy atom. The summed E-state index contributed by atoms with van der Waals surface area (Å²) in [5.41, 5.74) is 2.25. The summed E-state index contributed by atoms with van der Waals surface area (Å²) in [7, 11) is 2.75. The summed E-state index contributed by atoms with van der Waals surface area (Å²) < 4.78 is 48.8. The Morgan fingerprint density at radius 1 is 1.32 bits per heavy atom. The van der Waals surface area contributed by atoms with Gasteiger partial charge in [-0.1, -0.05) is 12.1 Å². The molecule has 0 spiro atoms. The van der Waals surface area contributed by atoms with Crippen molar-refractivity contribution >= 4 is 34.7 Å². The van der Waals surface area contributed by atoms with Crippen LogP contribution in [0.15, 0.2) is 24.4 Å². The zero-order chi connectivity index (χ0) is 24.8. The van der Waals surface area contributed by atoms with Crippen molar-refractivity contribution in [2.45, 2.75) is 45.0 Å². The van der Waals surface area contributed by atoms with Crippen LogP contribution in [0.3, 0.4) is 0 Å². The van der Waals surface area contributed by atoms with Crippen molar-refractivity contribution < 1.29 is 22.7 Å². The first-order valence-electron chi connectivity index (χ1n) is 10.7. The van der Waals surface area contributed by atoms with E-state index in [2.05, 4.69) is 20.4 Å². The summed E-state index contributed by atoms with van der Waals surface area (Å²) in [6, 6.07) is 2.35. The zero-order valence-electron chi connectivity index (χ0n) is 19.0. The van der Waals surface area contributed by atoms with Crippen molar-refractivity contribution in [3.8, 4) is 0 Å². The Morgan fingerprint density at radius 2 is 2.03 bits per heavy atom. The number of nitrogens with one attached hydrogen (secondary N) is 1. The maximum atomic E-state index is 14.0. The predicted molar refractivity (Wildman–Crippen MR) is 120 cm³/mol. The first kappa shape index (κ1) is 24.2. The van der Waals surface area contributed by atoms with E-state index in [9.17, 15) is 18.0 Å². The number of nitrogens with zero attached hydrogens (tertiary/aromatic N) is 5. The largest absolute Gasteiger partial charge is 0.413 e. The van der Waals surface area contributed by atoms with E-state index in [4.69, 9.17) is 16.3 Å². The number of rotatable bonds is 7. The fourth-order valence-electron chi connectivity index (χ4n) is 3.95. The number of carbonyl (C=O) groups is 1. The van der Waals surface area contributed by atoms with Crippen LogP contribution >= 0.6 is 11.6 Å². The maximum absolute atomic E-state index is 14.0. The molecule has 4 rings (SSSR count). The van der Waals surface area contributed by atoms with Gasteiger partial charge in [-0.3, -0.25) is 4.79 Å². The van der Waals surface area contributed by atoms with Gasteiger partial charge in [0.2, 0.25) is 11.2 Å². The fraction of sp³-hybridized carbons (Fsp3) is 0.455. The first-order chi connectivity index (χ1) is 16.0. The Bertz CT molecular complexity index is 1230. The third-order valence-corrected chi connectivity index (χ3v) is 6.08. The Kier molecular flexibility index (Phi) is 6.43. The molecule has 0 saturated heterocycles. The second-order valence-corrected chi connectivity index (χ2v) is 8.73. The number of ether oxygens (including phenoxy) is 1. The molecule has 2 heterocycles. The molecule has 2 atom stereocenters. The van der Waals surface area contributed by atoms with Crippen LogP contribution in [-0.2, 0) is 9.53 Å². The van der Waals surface area contributed by atoms with Crippen molar-refractivity contribution in [3.63, 3.8) is 0 Å². The second-order valence-electron chi connectivity index (χ2n) is 8.39. The fourth-order valence-corrected chi connectivity index (χ4v) is 4.10. The minimum Gasteiger partial charge on any atom is -0.375 e. The van der Waals surface area contributed by atoms with Gasteiger partial charge in [0.15, 0.2) is 6.04 Å². The summed E-state index contributed by atoms with van der Waals surface area (Å²) in [6.07, 6.45) is -2.22. The second kappa shape index (κ2) is 9.03. The van der Waals surface area contributed by atoms with E-state index in [-0.39, 0.29) is 22.5 Å². The van der Waals surface area contributed by atoms with Crippen LogP contribution in [0.1, 0.15) is 48.7 Å². The number of amides is 1. The quantitative estimate of drug-likeness (QED) is 0.495. The molecule has 1 amide bonds. The number of halogens is 4. The van der Waals surface area contributed by atoms with Gasteiger partial charge in [0.05, 0.1) is 23.7 Å². The number of carbonyl (C=O) groups excluding carboxylic acids is 1. The Balaban J connectivity index is 1.69. The Hall–Kier alpha value is -2.92. The molecule has 0 radical (unpaired) electrons. The van der Waals surface area contributed by atoms with Crippen molar-refractivity contribution in [1.82, 2.24) is 24.5 Å². The van der Waals surface area contributed by atoms with E-state index in [0.717, 1.165) is 4.90 Å². The van der Waals surface area contributed by atoms with Gasteiger partial charge >= 0.3 is 6.18 Å². The van der Waals surface area contributed by atoms with Crippen LogP contribution < -0.4 is 5.32 Å². The number of aryl methyl sites for hydroxylation is 1. The standard InChI is InChI=1S/C22H24ClF3N6O2/c1-11-9-14(18(22(24,25)26)31(3)19(33)13-5-6-13)7-8-15(11)28-16-10-27-21-29-20(23)30-32(21)17(16)12(2)34-4/h7-10,12-13,18,28H,5-6H2,1-4H3/t12-,18-/m0/s1. The van der Waals surface area contributed by atoms with Crippen LogP contribution in [0.2, 0.25) is 5.28 Å². The van der Waals surface area contributed by atoms with Gasteiger partial charge in [0.1, 0.15) is 0 Å². The van der Waals surface area contributed by atoms with Crippen LogP contribution in [0.4, 0.5) is 24.5 Å². The number of hydrogen-bond donors (Lipinski definition) is 1. The lowest BCUT2D eigenvalue weighted by molar-refractivity contribution is -0.189. The van der Waals surface area contributed by atoms with Crippen molar-refractivity contribution in [2.75, 3.05) is 19.5 Å². The minimum atomic E-state index is -4.61. The van der Waals surface area contributed by atoms with Gasteiger partial charge in [0.25, 0.3) is 5.78 Å². The molecule has 1 fully saturated rings. The molecule has 0 unspecified atom stereocenters.